The third kappa shape index (κ3) is 5.10. The van der Waals surface area contributed by atoms with Gasteiger partial charge in [-0.3, -0.25) is 0 Å². The van der Waals surface area contributed by atoms with E-state index in [0.717, 1.165) is 32.1 Å². The largest absolute Gasteiger partial charge is 0.411 e. The summed E-state index contributed by atoms with van der Waals surface area (Å²) in [6.45, 7) is 1.54. The quantitative estimate of drug-likeness (QED) is 0.623. The lowest BCUT2D eigenvalue weighted by molar-refractivity contribution is -0.252. The van der Waals surface area contributed by atoms with Gasteiger partial charge in [-0.25, -0.2) is 0 Å². The highest BCUT2D eigenvalue weighted by Gasteiger charge is 2.46. The molecule has 0 unspecified atom stereocenters. The Labute approximate surface area is 130 Å². The molecule has 0 aliphatic heterocycles. The van der Waals surface area contributed by atoms with Crippen molar-refractivity contribution in [3.05, 3.63) is 0 Å². The molecule has 2 rings (SSSR count). The van der Waals surface area contributed by atoms with E-state index in [0.29, 0.717) is 12.5 Å². The van der Waals surface area contributed by atoms with Gasteiger partial charge in [0.2, 0.25) is 0 Å². The van der Waals surface area contributed by atoms with Gasteiger partial charge in [0.1, 0.15) is 6.61 Å². The zero-order valence-corrected chi connectivity index (χ0v) is 13.5. The van der Waals surface area contributed by atoms with Crippen molar-refractivity contribution in [1.29, 1.82) is 0 Å². The van der Waals surface area contributed by atoms with Crippen LogP contribution in [0.4, 0.5) is 13.2 Å². The molecule has 0 spiro atoms. The van der Waals surface area contributed by atoms with Crippen molar-refractivity contribution in [1.82, 2.24) is 0 Å². The lowest BCUT2D eigenvalue weighted by Crippen LogP contribution is -2.45. The second kappa shape index (κ2) is 7.05. The van der Waals surface area contributed by atoms with Crippen LogP contribution in [-0.4, -0.2) is 38.9 Å². The van der Waals surface area contributed by atoms with Gasteiger partial charge in [-0.05, 0) is 37.5 Å². The summed E-state index contributed by atoms with van der Waals surface area (Å²) < 4.78 is 53.3. The number of halogens is 3. The minimum Gasteiger partial charge on any atom is -0.371 e. The van der Waals surface area contributed by atoms with Crippen molar-refractivity contribution in [2.24, 2.45) is 11.3 Å². The molecule has 130 valence electrons. The number of alkyl halides is 3. The average Bonchev–Trinajstić information content (AvgIpc) is 3.24. The fourth-order valence-corrected chi connectivity index (χ4v) is 3.56. The zero-order valence-electron chi connectivity index (χ0n) is 13.5. The van der Waals surface area contributed by atoms with Gasteiger partial charge in [-0.1, -0.05) is 12.8 Å². The highest BCUT2D eigenvalue weighted by atomic mass is 19.4. The molecule has 2 saturated carbocycles. The molecule has 0 aromatic carbocycles. The van der Waals surface area contributed by atoms with Crippen molar-refractivity contribution in [2.45, 2.75) is 63.8 Å². The maximum Gasteiger partial charge on any atom is 0.411 e. The SMILES string of the molecule is CCOC1(OC)CCC(COCC(F)(F)F)(CC2CC2)CC1. The number of hydrogen-bond acceptors (Lipinski definition) is 3. The average molecular weight is 324 g/mol. The van der Waals surface area contributed by atoms with Crippen LogP contribution in [0.3, 0.4) is 0 Å². The van der Waals surface area contributed by atoms with E-state index in [4.69, 9.17) is 14.2 Å². The van der Waals surface area contributed by atoms with Gasteiger partial charge in [0, 0.05) is 26.6 Å². The van der Waals surface area contributed by atoms with Crippen LogP contribution in [0.5, 0.6) is 0 Å². The third-order valence-corrected chi connectivity index (χ3v) is 4.94. The predicted molar refractivity (Wildman–Crippen MR) is 76.5 cm³/mol. The van der Waals surface area contributed by atoms with Crippen LogP contribution in [0, 0.1) is 11.3 Å². The summed E-state index contributed by atoms with van der Waals surface area (Å²) in [6, 6.07) is 0. The molecule has 3 nitrogen and oxygen atoms in total. The monoisotopic (exact) mass is 324 g/mol. The highest BCUT2D eigenvalue weighted by Crippen LogP contribution is 2.51. The van der Waals surface area contributed by atoms with Crippen molar-refractivity contribution < 1.29 is 27.4 Å². The molecule has 2 aliphatic carbocycles. The molecule has 0 heterocycles. The maximum atomic E-state index is 12.3. The fourth-order valence-electron chi connectivity index (χ4n) is 3.56. The van der Waals surface area contributed by atoms with E-state index >= 15 is 0 Å². The van der Waals surface area contributed by atoms with Crippen LogP contribution < -0.4 is 0 Å². The third-order valence-electron chi connectivity index (χ3n) is 4.94. The zero-order chi connectivity index (χ0) is 16.3. The Balaban J connectivity index is 1.93. The topological polar surface area (TPSA) is 27.7 Å². The molecule has 0 aromatic heterocycles. The summed E-state index contributed by atoms with van der Waals surface area (Å²) in [5.74, 6) is 0.0999. The van der Waals surface area contributed by atoms with Crippen molar-refractivity contribution in [2.75, 3.05) is 26.9 Å². The van der Waals surface area contributed by atoms with Crippen LogP contribution in [0.15, 0.2) is 0 Å². The van der Waals surface area contributed by atoms with E-state index < -0.39 is 18.6 Å². The molecule has 0 N–H and O–H groups in total. The molecule has 2 fully saturated rings. The molecule has 0 saturated heterocycles. The van der Waals surface area contributed by atoms with Gasteiger partial charge in [-0.2, -0.15) is 13.2 Å². The Morgan fingerprint density at radius 1 is 1.09 bits per heavy atom. The smallest absolute Gasteiger partial charge is 0.371 e. The molecule has 0 bridgehead atoms. The predicted octanol–water partition coefficient (Wildman–Crippen LogP) is 4.31. The first-order valence-corrected chi connectivity index (χ1v) is 8.16. The molecule has 0 atom stereocenters. The summed E-state index contributed by atoms with van der Waals surface area (Å²) >= 11 is 0. The Kier molecular flexibility index (Phi) is 5.78. The summed E-state index contributed by atoms with van der Waals surface area (Å²) in [4.78, 5) is 0. The molecule has 6 heteroatoms. The first kappa shape index (κ1) is 18.0. The molecule has 0 amide bonds. The van der Waals surface area contributed by atoms with Crippen LogP contribution in [0.2, 0.25) is 0 Å². The Hall–Kier alpha value is -0.330. The normalized spacial score (nSPS) is 33.1. The van der Waals surface area contributed by atoms with Crippen LogP contribution in [0.1, 0.15) is 51.9 Å². The van der Waals surface area contributed by atoms with E-state index in [2.05, 4.69) is 0 Å². The molecule has 0 radical (unpaired) electrons. The maximum absolute atomic E-state index is 12.3. The first-order chi connectivity index (χ1) is 10.3. The van der Waals surface area contributed by atoms with Crippen molar-refractivity contribution in [3.8, 4) is 0 Å². The second-order valence-electron chi connectivity index (χ2n) is 6.80. The Morgan fingerprint density at radius 3 is 2.18 bits per heavy atom. The molecular formula is C16H27F3O3. The van der Waals surface area contributed by atoms with Gasteiger partial charge in [-0.15, -0.1) is 0 Å². The Bertz CT molecular complexity index is 345. The highest BCUT2D eigenvalue weighted by molar-refractivity contribution is 4.93. The minimum atomic E-state index is -4.25. The van der Waals surface area contributed by atoms with E-state index in [1.807, 2.05) is 6.92 Å². The number of ether oxygens (including phenoxy) is 3. The van der Waals surface area contributed by atoms with Gasteiger partial charge >= 0.3 is 6.18 Å². The second-order valence-corrected chi connectivity index (χ2v) is 6.80. The molecular weight excluding hydrogens is 297 g/mol. The van der Waals surface area contributed by atoms with Gasteiger partial charge in [0.25, 0.3) is 0 Å². The van der Waals surface area contributed by atoms with Gasteiger partial charge in [0.05, 0.1) is 6.61 Å². The molecule has 0 aromatic rings. The van der Waals surface area contributed by atoms with Gasteiger partial charge < -0.3 is 14.2 Å². The number of methoxy groups -OCH3 is 1. The fraction of sp³-hybridized carbons (Fsp3) is 1.00. The van der Waals surface area contributed by atoms with E-state index in [-0.39, 0.29) is 12.0 Å². The summed E-state index contributed by atoms with van der Waals surface area (Å²) in [5.41, 5.74) is -0.147. The van der Waals surface area contributed by atoms with E-state index in [1.165, 1.54) is 12.8 Å². The van der Waals surface area contributed by atoms with Gasteiger partial charge in [0.15, 0.2) is 5.79 Å². The van der Waals surface area contributed by atoms with E-state index in [9.17, 15) is 13.2 Å². The van der Waals surface area contributed by atoms with E-state index in [1.54, 1.807) is 7.11 Å². The first-order valence-electron chi connectivity index (χ1n) is 8.16. The molecule has 2 aliphatic rings. The standard InChI is InChI=1S/C16H27F3O3/c1-3-22-15(20-2)8-6-14(7-9-15,10-13-4-5-13)11-21-12-16(17,18)19/h13H,3-12H2,1-2H3. The number of rotatable bonds is 8. The van der Waals surface area contributed by atoms with Crippen LogP contribution in [0.25, 0.3) is 0 Å². The Morgan fingerprint density at radius 2 is 1.73 bits per heavy atom. The number of hydrogen-bond donors (Lipinski definition) is 0. The van der Waals surface area contributed by atoms with Crippen LogP contribution >= 0.6 is 0 Å². The molecule has 22 heavy (non-hydrogen) atoms. The summed E-state index contributed by atoms with van der Waals surface area (Å²) in [7, 11) is 1.64. The lowest BCUT2D eigenvalue weighted by Gasteiger charge is -2.45. The summed E-state index contributed by atoms with van der Waals surface area (Å²) in [5, 5.41) is 0. The lowest BCUT2D eigenvalue weighted by atomic mass is 9.69. The van der Waals surface area contributed by atoms with Crippen molar-refractivity contribution in [3.63, 3.8) is 0 Å². The summed E-state index contributed by atoms with van der Waals surface area (Å²) in [6.07, 6.45) is 2.15. The minimum absolute atomic E-state index is 0.147. The van der Waals surface area contributed by atoms with Crippen molar-refractivity contribution >= 4 is 0 Å². The van der Waals surface area contributed by atoms with Crippen LogP contribution in [-0.2, 0) is 14.2 Å².